The Labute approximate surface area is 119 Å². The molecule has 1 aromatic rings. The van der Waals surface area contributed by atoms with E-state index in [9.17, 15) is 5.11 Å². The van der Waals surface area contributed by atoms with E-state index in [1.165, 1.54) is 0 Å². The number of nitrogens with one attached hydrogen (secondary N) is 2. The highest BCUT2D eigenvalue weighted by Crippen LogP contribution is 2.15. The molecule has 5 N–H and O–H groups in total. The van der Waals surface area contributed by atoms with Crippen molar-refractivity contribution in [1.29, 1.82) is 0 Å². The molecule has 0 saturated heterocycles. The van der Waals surface area contributed by atoms with Crippen LogP contribution in [0.25, 0.3) is 0 Å². The molecule has 0 bridgehead atoms. The Morgan fingerprint density at radius 3 is 2.65 bits per heavy atom. The van der Waals surface area contributed by atoms with E-state index in [1.54, 1.807) is 13.0 Å². The number of hydrogen-bond acceptors (Lipinski definition) is 7. The van der Waals surface area contributed by atoms with Crippen LogP contribution in [0.5, 0.6) is 0 Å². The van der Waals surface area contributed by atoms with Gasteiger partial charge in [-0.2, -0.15) is 0 Å². The normalized spacial score (nSPS) is 13.8. The van der Waals surface area contributed by atoms with Crippen molar-refractivity contribution in [2.45, 2.75) is 45.8 Å². The third kappa shape index (κ3) is 5.68. The number of anilines is 2. The van der Waals surface area contributed by atoms with E-state index in [2.05, 4.69) is 20.7 Å². The van der Waals surface area contributed by atoms with Crippen LogP contribution in [0.4, 0.5) is 11.6 Å². The maximum atomic E-state index is 10.1. The molecule has 0 fully saturated rings. The van der Waals surface area contributed by atoms with E-state index in [0.717, 1.165) is 12.8 Å². The number of hydrogen-bond donors (Lipinski definition) is 4. The van der Waals surface area contributed by atoms with Crippen molar-refractivity contribution in [3.63, 3.8) is 0 Å². The Hall–Kier alpha value is -1.44. The predicted octanol–water partition coefficient (Wildman–Crippen LogP) is 1.26. The van der Waals surface area contributed by atoms with Crippen molar-refractivity contribution in [3.05, 3.63) is 11.9 Å². The van der Waals surface area contributed by atoms with E-state index in [0.29, 0.717) is 37.2 Å². The second-order valence-corrected chi connectivity index (χ2v) is 4.94. The maximum Gasteiger partial charge on any atom is 0.158 e. The molecule has 0 saturated carbocycles. The molecule has 0 aliphatic heterocycles. The smallest absolute Gasteiger partial charge is 0.158 e. The zero-order valence-corrected chi connectivity index (χ0v) is 12.4. The average molecular weight is 283 g/mol. The van der Waals surface area contributed by atoms with Gasteiger partial charge in [-0.15, -0.1) is 0 Å². The summed E-state index contributed by atoms with van der Waals surface area (Å²) in [6.07, 6.45) is 1.64. The van der Waals surface area contributed by atoms with Crippen LogP contribution < -0.4 is 16.6 Å². The summed E-state index contributed by atoms with van der Waals surface area (Å²) in [4.78, 5) is 8.52. The fourth-order valence-electron chi connectivity index (χ4n) is 1.83. The minimum atomic E-state index is -0.768. The summed E-state index contributed by atoms with van der Waals surface area (Å²) in [7, 11) is 0. The van der Waals surface area contributed by atoms with Gasteiger partial charge in [0.25, 0.3) is 0 Å². The van der Waals surface area contributed by atoms with Crippen LogP contribution >= 0.6 is 0 Å². The van der Waals surface area contributed by atoms with Gasteiger partial charge in [0, 0.05) is 19.2 Å². The molecule has 1 unspecified atom stereocenters. The Bertz CT molecular complexity index is 412. The van der Waals surface area contributed by atoms with Gasteiger partial charge in [-0.05, 0) is 20.3 Å². The van der Waals surface area contributed by atoms with E-state index in [-0.39, 0.29) is 0 Å². The molecule has 20 heavy (non-hydrogen) atoms. The molecule has 1 aromatic heterocycles. The number of ether oxygens (including phenoxy) is 1. The van der Waals surface area contributed by atoms with Gasteiger partial charge >= 0.3 is 0 Å². The second-order valence-electron chi connectivity index (χ2n) is 4.94. The van der Waals surface area contributed by atoms with Crippen molar-refractivity contribution in [2.24, 2.45) is 5.84 Å². The number of rotatable bonds is 9. The zero-order valence-electron chi connectivity index (χ0n) is 12.4. The van der Waals surface area contributed by atoms with Gasteiger partial charge in [-0.1, -0.05) is 13.3 Å². The van der Waals surface area contributed by atoms with Gasteiger partial charge < -0.3 is 20.6 Å². The number of aromatic nitrogens is 2. The fraction of sp³-hybridized carbons (Fsp3) is 0.692. The second kappa shape index (κ2) is 7.98. The summed E-state index contributed by atoms with van der Waals surface area (Å²) in [6, 6.07) is 1.69. The standard InChI is InChI=1S/C13H25N5O2/c1-4-6-13(3,19)9-15-10-7-11(18-14)17-12(16-10)8-20-5-2/h7,19H,4-6,8-9,14H2,1-3H3,(H2,15,16,17,18). The summed E-state index contributed by atoms with van der Waals surface area (Å²) in [5.41, 5.74) is 1.73. The highest BCUT2D eigenvalue weighted by molar-refractivity contribution is 5.47. The molecule has 114 valence electrons. The van der Waals surface area contributed by atoms with Crippen LogP contribution in [-0.4, -0.2) is 33.8 Å². The van der Waals surface area contributed by atoms with Crippen LogP contribution in [-0.2, 0) is 11.3 Å². The van der Waals surface area contributed by atoms with Crippen LogP contribution in [0.1, 0.15) is 39.4 Å². The molecular formula is C13H25N5O2. The molecule has 0 amide bonds. The van der Waals surface area contributed by atoms with Crippen LogP contribution in [0.15, 0.2) is 6.07 Å². The predicted molar refractivity (Wildman–Crippen MR) is 79.2 cm³/mol. The number of nitrogen functional groups attached to an aromatic ring is 1. The molecule has 0 radical (unpaired) electrons. The van der Waals surface area contributed by atoms with E-state index >= 15 is 0 Å². The molecule has 0 spiro atoms. The van der Waals surface area contributed by atoms with Crippen LogP contribution in [0.3, 0.4) is 0 Å². The first-order valence-electron chi connectivity index (χ1n) is 6.89. The third-order valence-corrected chi connectivity index (χ3v) is 2.79. The Morgan fingerprint density at radius 1 is 1.35 bits per heavy atom. The summed E-state index contributed by atoms with van der Waals surface area (Å²) < 4.78 is 5.29. The highest BCUT2D eigenvalue weighted by atomic mass is 16.5. The minimum Gasteiger partial charge on any atom is -0.388 e. The summed E-state index contributed by atoms with van der Waals surface area (Å²) in [5.74, 6) is 7.05. The minimum absolute atomic E-state index is 0.325. The molecular weight excluding hydrogens is 258 g/mol. The quantitative estimate of drug-likeness (QED) is 0.399. The van der Waals surface area contributed by atoms with Gasteiger partial charge in [0.15, 0.2) is 5.82 Å². The first-order valence-corrected chi connectivity index (χ1v) is 6.89. The zero-order chi connectivity index (χ0) is 15.0. The largest absolute Gasteiger partial charge is 0.388 e. The first kappa shape index (κ1) is 16.6. The lowest BCUT2D eigenvalue weighted by atomic mass is 10.0. The summed E-state index contributed by atoms with van der Waals surface area (Å²) >= 11 is 0. The molecule has 1 rings (SSSR count). The van der Waals surface area contributed by atoms with Gasteiger partial charge in [-0.3, -0.25) is 0 Å². The van der Waals surface area contributed by atoms with Crippen molar-refractivity contribution in [2.75, 3.05) is 23.9 Å². The lowest BCUT2D eigenvalue weighted by Gasteiger charge is -2.23. The van der Waals surface area contributed by atoms with Crippen molar-refractivity contribution >= 4 is 11.6 Å². The maximum absolute atomic E-state index is 10.1. The monoisotopic (exact) mass is 283 g/mol. The van der Waals surface area contributed by atoms with E-state index in [4.69, 9.17) is 10.6 Å². The first-order chi connectivity index (χ1) is 9.50. The molecule has 7 heteroatoms. The number of nitrogens with zero attached hydrogens (tertiary/aromatic N) is 2. The summed E-state index contributed by atoms with van der Waals surface area (Å²) in [6.45, 7) is 7.08. The Morgan fingerprint density at radius 2 is 2.05 bits per heavy atom. The lowest BCUT2D eigenvalue weighted by molar-refractivity contribution is 0.0636. The Balaban J connectivity index is 2.73. The molecule has 7 nitrogen and oxygen atoms in total. The van der Waals surface area contributed by atoms with Crippen molar-refractivity contribution < 1.29 is 9.84 Å². The van der Waals surface area contributed by atoms with Gasteiger partial charge in [0.2, 0.25) is 0 Å². The number of nitrogens with two attached hydrogens (primary N) is 1. The average Bonchev–Trinajstić information content (AvgIpc) is 2.43. The van der Waals surface area contributed by atoms with Crippen molar-refractivity contribution in [3.8, 4) is 0 Å². The van der Waals surface area contributed by atoms with Crippen molar-refractivity contribution in [1.82, 2.24) is 9.97 Å². The molecule has 1 heterocycles. The Kier molecular flexibility index (Phi) is 6.63. The fourth-order valence-corrected chi connectivity index (χ4v) is 1.83. The molecule has 0 aromatic carbocycles. The topological polar surface area (TPSA) is 105 Å². The van der Waals surface area contributed by atoms with Crippen LogP contribution in [0, 0.1) is 0 Å². The van der Waals surface area contributed by atoms with E-state index < -0.39 is 5.60 Å². The van der Waals surface area contributed by atoms with Crippen LogP contribution in [0.2, 0.25) is 0 Å². The van der Waals surface area contributed by atoms with Gasteiger partial charge in [0.1, 0.15) is 18.2 Å². The summed E-state index contributed by atoms with van der Waals surface area (Å²) in [5, 5.41) is 13.3. The van der Waals surface area contributed by atoms with Gasteiger partial charge in [0.05, 0.1) is 5.60 Å². The molecule has 0 aliphatic rings. The van der Waals surface area contributed by atoms with Gasteiger partial charge in [-0.25, -0.2) is 15.8 Å². The SMILES string of the molecule is CCCC(C)(O)CNc1cc(NN)nc(COCC)n1. The lowest BCUT2D eigenvalue weighted by Crippen LogP contribution is -2.33. The molecule has 1 atom stereocenters. The number of aliphatic hydroxyl groups is 1. The van der Waals surface area contributed by atoms with E-state index in [1.807, 2.05) is 13.8 Å². The highest BCUT2D eigenvalue weighted by Gasteiger charge is 2.19. The number of hydrazine groups is 1. The third-order valence-electron chi connectivity index (χ3n) is 2.79. The molecule has 0 aliphatic carbocycles.